The van der Waals surface area contributed by atoms with Crippen LogP contribution >= 0.6 is 0 Å². The maximum absolute atomic E-state index is 5.47. The molecule has 17 heavy (non-hydrogen) atoms. The molecule has 2 aliphatic rings. The molecule has 0 aromatic carbocycles. The summed E-state index contributed by atoms with van der Waals surface area (Å²) in [5.41, 5.74) is 0. The Morgan fingerprint density at radius 1 is 1.24 bits per heavy atom. The topological polar surface area (TPSA) is 51.0 Å². The predicted molar refractivity (Wildman–Crippen MR) is 64.8 cm³/mol. The summed E-state index contributed by atoms with van der Waals surface area (Å²) in [4.78, 5) is 4.64. The second kappa shape index (κ2) is 4.41. The van der Waals surface area contributed by atoms with Gasteiger partial charge >= 0.3 is 0 Å². The summed E-state index contributed by atoms with van der Waals surface area (Å²) in [5, 5.41) is 7.58. The molecule has 0 radical (unpaired) electrons. The standard InChI is InChI=1S/C13H21N3O/c1-8-3-4-10(5-8)12-15-13(17-16-12)11-7-14-6-9(11)2/h8-11,14H,3-7H2,1-2H3/t8?,9-,10?,11-/m1/s1. The van der Waals surface area contributed by atoms with Crippen LogP contribution in [0.4, 0.5) is 0 Å². The highest BCUT2D eigenvalue weighted by Crippen LogP contribution is 2.37. The van der Waals surface area contributed by atoms with Crippen molar-refractivity contribution in [2.45, 2.75) is 44.9 Å². The van der Waals surface area contributed by atoms with Gasteiger partial charge in [0.25, 0.3) is 0 Å². The minimum atomic E-state index is 0.412. The van der Waals surface area contributed by atoms with Gasteiger partial charge in [-0.05, 0) is 37.6 Å². The Morgan fingerprint density at radius 3 is 2.76 bits per heavy atom. The zero-order chi connectivity index (χ0) is 11.8. The van der Waals surface area contributed by atoms with E-state index in [2.05, 4.69) is 29.3 Å². The van der Waals surface area contributed by atoms with Crippen molar-refractivity contribution in [2.75, 3.05) is 13.1 Å². The Labute approximate surface area is 102 Å². The number of nitrogens with one attached hydrogen (secondary N) is 1. The van der Waals surface area contributed by atoms with Gasteiger partial charge in [0.1, 0.15) is 0 Å². The third-order valence-corrected chi connectivity index (χ3v) is 4.35. The fraction of sp³-hybridized carbons (Fsp3) is 0.846. The Balaban J connectivity index is 1.74. The van der Waals surface area contributed by atoms with Crippen molar-refractivity contribution in [3.8, 4) is 0 Å². The molecule has 1 aliphatic heterocycles. The van der Waals surface area contributed by atoms with Crippen molar-refractivity contribution in [1.29, 1.82) is 0 Å². The monoisotopic (exact) mass is 235 g/mol. The lowest BCUT2D eigenvalue weighted by atomic mass is 9.98. The van der Waals surface area contributed by atoms with Gasteiger partial charge in [-0.1, -0.05) is 19.0 Å². The molecule has 1 aliphatic carbocycles. The summed E-state index contributed by atoms with van der Waals surface area (Å²) in [7, 11) is 0. The van der Waals surface area contributed by atoms with Crippen molar-refractivity contribution in [3.05, 3.63) is 11.7 Å². The first-order chi connectivity index (χ1) is 8.24. The van der Waals surface area contributed by atoms with Crippen molar-refractivity contribution in [1.82, 2.24) is 15.5 Å². The second-order valence-electron chi connectivity index (χ2n) is 5.85. The Morgan fingerprint density at radius 2 is 2.12 bits per heavy atom. The molecule has 1 saturated carbocycles. The van der Waals surface area contributed by atoms with E-state index in [0.29, 0.717) is 17.8 Å². The van der Waals surface area contributed by atoms with E-state index in [0.717, 1.165) is 30.7 Å². The molecule has 94 valence electrons. The van der Waals surface area contributed by atoms with Gasteiger partial charge < -0.3 is 9.84 Å². The number of aromatic nitrogens is 2. The van der Waals surface area contributed by atoms with E-state index >= 15 is 0 Å². The SMILES string of the molecule is CC1CCC(c2noc([C@@H]3CNC[C@H]3C)n2)C1. The third-order valence-electron chi connectivity index (χ3n) is 4.35. The summed E-state index contributed by atoms with van der Waals surface area (Å²) in [6, 6.07) is 0. The van der Waals surface area contributed by atoms with Gasteiger partial charge in [0, 0.05) is 12.5 Å². The largest absolute Gasteiger partial charge is 0.339 e. The van der Waals surface area contributed by atoms with E-state index in [4.69, 9.17) is 4.52 Å². The first kappa shape index (κ1) is 11.2. The van der Waals surface area contributed by atoms with Gasteiger partial charge in [-0.25, -0.2) is 0 Å². The first-order valence-electron chi connectivity index (χ1n) is 6.78. The molecule has 0 amide bonds. The summed E-state index contributed by atoms with van der Waals surface area (Å²) >= 11 is 0. The van der Waals surface area contributed by atoms with Crippen molar-refractivity contribution >= 4 is 0 Å². The average molecular weight is 235 g/mol. The lowest BCUT2D eigenvalue weighted by Crippen LogP contribution is -2.08. The summed E-state index contributed by atoms with van der Waals surface area (Å²) < 4.78 is 5.47. The highest BCUT2D eigenvalue weighted by Gasteiger charge is 2.32. The van der Waals surface area contributed by atoms with E-state index in [1.165, 1.54) is 19.3 Å². The molecule has 1 saturated heterocycles. The average Bonchev–Trinajstić information content (AvgIpc) is 2.97. The molecule has 2 fully saturated rings. The molecule has 0 spiro atoms. The van der Waals surface area contributed by atoms with Crippen molar-refractivity contribution in [2.24, 2.45) is 11.8 Å². The van der Waals surface area contributed by atoms with E-state index in [1.807, 2.05) is 0 Å². The highest BCUT2D eigenvalue weighted by atomic mass is 16.5. The molecule has 1 aromatic heterocycles. The van der Waals surface area contributed by atoms with E-state index < -0.39 is 0 Å². The zero-order valence-corrected chi connectivity index (χ0v) is 10.6. The minimum absolute atomic E-state index is 0.412. The van der Waals surface area contributed by atoms with Gasteiger partial charge in [-0.15, -0.1) is 0 Å². The molecule has 1 aromatic rings. The third kappa shape index (κ3) is 2.10. The van der Waals surface area contributed by atoms with Gasteiger partial charge in [0.2, 0.25) is 5.89 Å². The van der Waals surface area contributed by atoms with Crippen LogP contribution in [0.15, 0.2) is 4.52 Å². The zero-order valence-electron chi connectivity index (χ0n) is 10.6. The summed E-state index contributed by atoms with van der Waals surface area (Å²) in [6.07, 6.45) is 3.74. The normalized spacial score (nSPS) is 37.8. The summed E-state index contributed by atoms with van der Waals surface area (Å²) in [5.74, 6) is 4.16. The molecule has 0 bridgehead atoms. The van der Waals surface area contributed by atoms with Gasteiger partial charge in [0.15, 0.2) is 5.82 Å². The molecule has 4 atom stereocenters. The maximum Gasteiger partial charge on any atom is 0.231 e. The molecule has 2 heterocycles. The van der Waals surface area contributed by atoms with E-state index in [9.17, 15) is 0 Å². The van der Waals surface area contributed by atoms with Gasteiger partial charge in [-0.3, -0.25) is 0 Å². The first-order valence-corrected chi connectivity index (χ1v) is 6.78. The van der Waals surface area contributed by atoms with Crippen LogP contribution in [0, 0.1) is 11.8 Å². The fourth-order valence-electron chi connectivity index (χ4n) is 3.15. The van der Waals surface area contributed by atoms with Crippen LogP contribution < -0.4 is 5.32 Å². The van der Waals surface area contributed by atoms with Crippen LogP contribution in [0.3, 0.4) is 0 Å². The number of nitrogens with zero attached hydrogens (tertiary/aromatic N) is 2. The Bertz CT molecular complexity index is 390. The van der Waals surface area contributed by atoms with Crippen molar-refractivity contribution in [3.63, 3.8) is 0 Å². The van der Waals surface area contributed by atoms with Crippen LogP contribution in [0.25, 0.3) is 0 Å². The molecule has 1 N–H and O–H groups in total. The lowest BCUT2D eigenvalue weighted by Gasteiger charge is -2.07. The molecular formula is C13H21N3O. The second-order valence-corrected chi connectivity index (χ2v) is 5.85. The number of rotatable bonds is 2. The van der Waals surface area contributed by atoms with Crippen LogP contribution in [-0.4, -0.2) is 23.2 Å². The number of hydrogen-bond acceptors (Lipinski definition) is 4. The molecule has 4 nitrogen and oxygen atoms in total. The molecule has 4 heteroatoms. The van der Waals surface area contributed by atoms with Crippen LogP contribution in [0.5, 0.6) is 0 Å². The Kier molecular flexibility index (Phi) is 2.90. The van der Waals surface area contributed by atoms with Crippen LogP contribution in [0.2, 0.25) is 0 Å². The predicted octanol–water partition coefficient (Wildman–Crippen LogP) is 2.30. The van der Waals surface area contributed by atoms with Gasteiger partial charge in [0.05, 0.1) is 5.92 Å². The quantitative estimate of drug-likeness (QED) is 0.854. The smallest absolute Gasteiger partial charge is 0.231 e. The number of hydrogen-bond donors (Lipinski definition) is 1. The highest BCUT2D eigenvalue weighted by molar-refractivity contribution is 5.05. The molecule has 2 unspecified atom stereocenters. The Hall–Kier alpha value is -0.900. The molecular weight excluding hydrogens is 214 g/mol. The lowest BCUT2D eigenvalue weighted by molar-refractivity contribution is 0.334. The summed E-state index contributed by atoms with van der Waals surface area (Å²) in [6.45, 7) is 6.59. The van der Waals surface area contributed by atoms with E-state index in [-0.39, 0.29) is 0 Å². The van der Waals surface area contributed by atoms with Crippen LogP contribution in [-0.2, 0) is 0 Å². The fourth-order valence-corrected chi connectivity index (χ4v) is 3.15. The van der Waals surface area contributed by atoms with Gasteiger partial charge in [-0.2, -0.15) is 4.98 Å². The van der Waals surface area contributed by atoms with Crippen LogP contribution in [0.1, 0.15) is 56.7 Å². The maximum atomic E-state index is 5.47. The molecule has 3 rings (SSSR count). The van der Waals surface area contributed by atoms with Crippen molar-refractivity contribution < 1.29 is 4.52 Å². The minimum Gasteiger partial charge on any atom is -0.339 e. The van der Waals surface area contributed by atoms with E-state index in [1.54, 1.807) is 0 Å².